The Kier molecular flexibility index (Phi) is 6.31. The summed E-state index contributed by atoms with van der Waals surface area (Å²) in [5.41, 5.74) is 6.53. The zero-order chi connectivity index (χ0) is 20.2. The van der Waals surface area contributed by atoms with E-state index < -0.39 is 6.61 Å². The first kappa shape index (κ1) is 20.1. The molecule has 0 radical (unpaired) electrons. The van der Waals surface area contributed by atoms with Crippen LogP contribution in [0.25, 0.3) is 11.1 Å². The Hall–Kier alpha value is -2.17. The first-order valence-corrected chi connectivity index (χ1v) is 11.0. The maximum absolute atomic E-state index is 11.8. The van der Waals surface area contributed by atoms with Gasteiger partial charge in [0.15, 0.2) is 0 Å². The van der Waals surface area contributed by atoms with Gasteiger partial charge in [-0.25, -0.2) is 0 Å². The van der Waals surface area contributed by atoms with E-state index in [4.69, 9.17) is 5.11 Å². The van der Waals surface area contributed by atoms with Gasteiger partial charge in [-0.3, -0.25) is 4.79 Å². The van der Waals surface area contributed by atoms with Crippen LogP contribution < -0.4 is 0 Å². The number of likely N-dealkylation sites (tertiary alicyclic amines) is 1. The van der Waals surface area contributed by atoms with Crippen LogP contribution in [0.5, 0.6) is 0 Å². The fourth-order valence-electron chi connectivity index (χ4n) is 4.72. The van der Waals surface area contributed by atoms with Crippen LogP contribution in [0.3, 0.4) is 0 Å². The number of carbonyl (C=O) groups is 1. The lowest BCUT2D eigenvalue weighted by Gasteiger charge is -2.20. The van der Waals surface area contributed by atoms with Crippen molar-refractivity contribution in [3.05, 3.63) is 59.2 Å². The number of amides is 1. The van der Waals surface area contributed by atoms with Crippen molar-refractivity contribution in [1.29, 1.82) is 0 Å². The Morgan fingerprint density at radius 1 is 1.00 bits per heavy atom. The van der Waals surface area contributed by atoms with Gasteiger partial charge in [0.2, 0.25) is 5.91 Å². The predicted molar refractivity (Wildman–Crippen MR) is 117 cm³/mol. The lowest BCUT2D eigenvalue weighted by atomic mass is 9.96. The fourth-order valence-corrected chi connectivity index (χ4v) is 4.72. The normalized spacial score (nSPS) is 19.8. The van der Waals surface area contributed by atoms with Crippen molar-refractivity contribution < 1.29 is 9.90 Å². The molecule has 2 heterocycles. The number of benzene rings is 2. The van der Waals surface area contributed by atoms with Crippen LogP contribution in [0.4, 0.5) is 0 Å². The van der Waals surface area contributed by atoms with E-state index in [0.29, 0.717) is 13.1 Å². The van der Waals surface area contributed by atoms with Crippen molar-refractivity contribution >= 4 is 5.91 Å². The molecule has 154 valence electrons. The van der Waals surface area contributed by atoms with E-state index in [1.54, 1.807) is 4.90 Å². The molecule has 2 aromatic carbocycles. The molecule has 2 aliphatic rings. The third-order valence-electron chi connectivity index (χ3n) is 6.66. The molecule has 1 atom stereocenters. The summed E-state index contributed by atoms with van der Waals surface area (Å²) in [5, 5.41) is 9.13. The highest BCUT2D eigenvalue weighted by molar-refractivity contribution is 5.77. The number of nitrogens with zero attached hydrogens (tertiary/aromatic N) is 2. The topological polar surface area (TPSA) is 43.8 Å². The zero-order valence-electron chi connectivity index (χ0n) is 17.4. The minimum Gasteiger partial charge on any atom is -0.387 e. The first-order valence-electron chi connectivity index (χ1n) is 11.0. The smallest absolute Gasteiger partial charge is 0.248 e. The molecule has 0 aromatic heterocycles. The molecule has 0 saturated carbocycles. The summed E-state index contributed by atoms with van der Waals surface area (Å²) in [4.78, 5) is 16.2. The van der Waals surface area contributed by atoms with Crippen LogP contribution >= 0.6 is 0 Å². The summed E-state index contributed by atoms with van der Waals surface area (Å²) >= 11 is 0. The molecule has 4 nitrogen and oxygen atoms in total. The second-order valence-electron chi connectivity index (χ2n) is 8.50. The average molecular weight is 393 g/mol. The van der Waals surface area contributed by atoms with Crippen LogP contribution in [0.1, 0.15) is 36.5 Å². The van der Waals surface area contributed by atoms with Crippen LogP contribution in [0, 0.1) is 0 Å². The SMILES string of the molecule is C[C@@H]1CCCN1CCc1ccc(-c2ccc3c(c2)CCN(C(=O)CO)CC3)cc1. The lowest BCUT2D eigenvalue weighted by Crippen LogP contribution is -2.35. The predicted octanol–water partition coefficient (Wildman–Crippen LogP) is 3.30. The number of hydrogen-bond donors (Lipinski definition) is 1. The van der Waals surface area contributed by atoms with Gasteiger partial charge in [-0.15, -0.1) is 0 Å². The quantitative estimate of drug-likeness (QED) is 0.849. The molecular weight excluding hydrogens is 360 g/mol. The van der Waals surface area contributed by atoms with Gasteiger partial charge in [0.05, 0.1) is 0 Å². The number of carbonyl (C=O) groups excluding carboxylic acids is 1. The Bertz CT molecular complexity index is 846. The van der Waals surface area contributed by atoms with Crippen molar-refractivity contribution in [1.82, 2.24) is 9.80 Å². The minimum atomic E-state index is -0.398. The summed E-state index contributed by atoms with van der Waals surface area (Å²) in [6.07, 6.45) is 5.49. The molecule has 0 bridgehead atoms. The highest BCUT2D eigenvalue weighted by Gasteiger charge is 2.20. The van der Waals surface area contributed by atoms with Gasteiger partial charge in [-0.05, 0) is 73.4 Å². The van der Waals surface area contributed by atoms with Crippen molar-refractivity contribution in [2.24, 2.45) is 0 Å². The lowest BCUT2D eigenvalue weighted by molar-refractivity contribution is -0.134. The summed E-state index contributed by atoms with van der Waals surface area (Å²) in [6.45, 7) is 5.72. The molecule has 1 fully saturated rings. The number of aliphatic hydroxyl groups is 1. The first-order chi connectivity index (χ1) is 14.1. The maximum Gasteiger partial charge on any atom is 0.248 e. The monoisotopic (exact) mass is 392 g/mol. The van der Waals surface area contributed by atoms with E-state index in [2.05, 4.69) is 54.3 Å². The van der Waals surface area contributed by atoms with Crippen LogP contribution in [0.2, 0.25) is 0 Å². The summed E-state index contributed by atoms with van der Waals surface area (Å²) in [7, 11) is 0. The van der Waals surface area contributed by atoms with Gasteiger partial charge in [0.1, 0.15) is 6.61 Å². The second kappa shape index (κ2) is 9.10. The van der Waals surface area contributed by atoms with Gasteiger partial charge >= 0.3 is 0 Å². The molecule has 1 saturated heterocycles. The van der Waals surface area contributed by atoms with E-state index in [1.807, 2.05) is 0 Å². The molecule has 2 aromatic rings. The third-order valence-corrected chi connectivity index (χ3v) is 6.66. The van der Waals surface area contributed by atoms with Crippen LogP contribution in [-0.2, 0) is 24.1 Å². The molecule has 0 unspecified atom stereocenters. The van der Waals surface area contributed by atoms with Gasteiger partial charge in [0, 0.05) is 25.7 Å². The Morgan fingerprint density at radius 2 is 1.72 bits per heavy atom. The third kappa shape index (κ3) is 4.71. The Balaban J connectivity index is 1.41. The number of hydrogen-bond acceptors (Lipinski definition) is 3. The van der Waals surface area contributed by atoms with E-state index in [-0.39, 0.29) is 5.91 Å². The molecule has 29 heavy (non-hydrogen) atoms. The molecule has 4 heteroatoms. The summed E-state index contributed by atoms with van der Waals surface area (Å²) in [5.74, 6) is -0.169. The fraction of sp³-hybridized carbons (Fsp3) is 0.480. The molecule has 0 spiro atoms. The highest BCUT2D eigenvalue weighted by atomic mass is 16.3. The van der Waals surface area contributed by atoms with E-state index >= 15 is 0 Å². The Labute approximate surface area is 174 Å². The molecular formula is C25H32N2O2. The molecule has 2 aliphatic heterocycles. The van der Waals surface area contributed by atoms with Gasteiger partial charge < -0.3 is 14.9 Å². The van der Waals surface area contributed by atoms with E-state index in [9.17, 15) is 4.79 Å². The number of rotatable bonds is 5. The highest BCUT2D eigenvalue weighted by Crippen LogP contribution is 2.26. The zero-order valence-corrected chi connectivity index (χ0v) is 17.4. The summed E-state index contributed by atoms with van der Waals surface area (Å²) < 4.78 is 0. The average Bonchev–Trinajstić information content (AvgIpc) is 3.04. The molecule has 4 rings (SSSR count). The van der Waals surface area contributed by atoms with Crippen molar-refractivity contribution in [3.63, 3.8) is 0 Å². The molecule has 1 N–H and O–H groups in total. The van der Waals surface area contributed by atoms with Crippen molar-refractivity contribution in [3.8, 4) is 11.1 Å². The van der Waals surface area contributed by atoms with Crippen molar-refractivity contribution in [2.75, 3.05) is 32.8 Å². The standard InChI is InChI=1S/C25H32N2O2/c1-19-3-2-13-26(19)14-10-20-4-6-21(7-5-20)23-9-8-22-11-15-27(25(29)18-28)16-12-24(22)17-23/h4-9,17,19,28H,2-3,10-16,18H2,1H3/t19-/m1/s1. The van der Waals surface area contributed by atoms with E-state index in [1.165, 1.54) is 47.2 Å². The van der Waals surface area contributed by atoms with Crippen LogP contribution in [0.15, 0.2) is 42.5 Å². The molecule has 1 amide bonds. The summed E-state index contributed by atoms with van der Waals surface area (Å²) in [6, 6.07) is 16.4. The molecule has 0 aliphatic carbocycles. The Morgan fingerprint density at radius 3 is 2.41 bits per heavy atom. The largest absolute Gasteiger partial charge is 0.387 e. The number of aliphatic hydroxyl groups excluding tert-OH is 1. The minimum absolute atomic E-state index is 0.169. The van der Waals surface area contributed by atoms with Crippen LogP contribution in [-0.4, -0.2) is 59.6 Å². The van der Waals surface area contributed by atoms with Gasteiger partial charge in [-0.2, -0.15) is 0 Å². The number of fused-ring (bicyclic) bond motifs is 1. The second-order valence-corrected chi connectivity index (χ2v) is 8.50. The van der Waals surface area contributed by atoms with Gasteiger partial charge in [-0.1, -0.05) is 42.5 Å². The maximum atomic E-state index is 11.8. The van der Waals surface area contributed by atoms with E-state index in [0.717, 1.165) is 31.8 Å². The van der Waals surface area contributed by atoms with Gasteiger partial charge in [0.25, 0.3) is 0 Å². The van der Waals surface area contributed by atoms with Crippen molar-refractivity contribution in [2.45, 2.75) is 45.1 Å².